The van der Waals surface area contributed by atoms with Crippen LogP contribution in [0.5, 0.6) is 5.75 Å². The molecule has 0 fully saturated rings. The van der Waals surface area contributed by atoms with Crippen LogP contribution in [0.25, 0.3) is 10.9 Å². The lowest BCUT2D eigenvalue weighted by Gasteiger charge is -2.21. The zero-order valence-corrected chi connectivity index (χ0v) is 21.9. The van der Waals surface area contributed by atoms with E-state index in [1.54, 1.807) is 41.1 Å². The number of para-hydroxylation sites is 2. The second-order valence-corrected chi connectivity index (χ2v) is 10.8. The summed E-state index contributed by atoms with van der Waals surface area (Å²) in [5, 5.41) is 5.48. The summed E-state index contributed by atoms with van der Waals surface area (Å²) in [5.74, 6) is -0.126. The molecule has 4 aromatic rings. The lowest BCUT2D eigenvalue weighted by molar-refractivity contribution is -0.125. The number of nitrogens with two attached hydrogens (primary N) is 1. The van der Waals surface area contributed by atoms with Gasteiger partial charge in [0.2, 0.25) is 16.1 Å². The molecule has 1 aromatic heterocycles. The first-order valence-corrected chi connectivity index (χ1v) is 13.8. The number of aromatic nitrogens is 2. The minimum absolute atomic E-state index is 0.272. The summed E-state index contributed by atoms with van der Waals surface area (Å²) in [7, 11) is -3.55. The van der Waals surface area contributed by atoms with E-state index >= 15 is 0 Å². The molecule has 1 atom stereocenters. The highest BCUT2D eigenvalue weighted by Gasteiger charge is 2.27. The lowest BCUT2D eigenvalue weighted by Crippen LogP contribution is -2.32. The van der Waals surface area contributed by atoms with Crippen molar-refractivity contribution in [2.75, 3.05) is 13.1 Å². The van der Waals surface area contributed by atoms with Crippen molar-refractivity contribution in [3.63, 3.8) is 0 Å². The first-order valence-electron chi connectivity index (χ1n) is 12.4. The maximum absolute atomic E-state index is 13.1. The molecule has 0 spiro atoms. The molecular formula is C28H32N4O4S. The fraction of sp³-hybridized carbons (Fsp3) is 0.286. The Labute approximate surface area is 217 Å². The van der Waals surface area contributed by atoms with Crippen LogP contribution < -0.4 is 10.5 Å². The number of rotatable bonds is 12. The van der Waals surface area contributed by atoms with Crippen LogP contribution in [-0.2, 0) is 21.4 Å². The molecule has 0 aliphatic heterocycles. The van der Waals surface area contributed by atoms with Crippen molar-refractivity contribution < 1.29 is 17.9 Å². The lowest BCUT2D eigenvalue weighted by atomic mass is 10.1. The van der Waals surface area contributed by atoms with Crippen LogP contribution >= 0.6 is 0 Å². The Bertz CT molecular complexity index is 1440. The Morgan fingerprint density at radius 3 is 2.19 bits per heavy atom. The summed E-state index contributed by atoms with van der Waals surface area (Å²) in [6.45, 7) is 5.30. The molecule has 1 unspecified atom stereocenters. The average Bonchev–Trinajstić information content (AvgIpc) is 3.26. The van der Waals surface area contributed by atoms with E-state index < -0.39 is 22.0 Å². The van der Waals surface area contributed by atoms with Gasteiger partial charge < -0.3 is 10.5 Å². The maximum atomic E-state index is 13.1. The highest BCUT2D eigenvalue weighted by Crippen LogP contribution is 2.28. The van der Waals surface area contributed by atoms with Crippen LogP contribution in [0, 0.1) is 0 Å². The van der Waals surface area contributed by atoms with Gasteiger partial charge >= 0.3 is 0 Å². The van der Waals surface area contributed by atoms with Crippen molar-refractivity contribution in [2.24, 2.45) is 5.73 Å². The number of hydrogen-bond donors (Lipinski definition) is 1. The van der Waals surface area contributed by atoms with E-state index in [0.29, 0.717) is 31.1 Å². The van der Waals surface area contributed by atoms with E-state index in [-0.39, 0.29) is 4.90 Å². The number of benzene rings is 3. The number of amides is 1. The number of carbonyl (C=O) groups is 1. The first kappa shape index (κ1) is 26.4. The SMILES string of the molecule is CCCN(CCC)S(=O)(=O)c1ccc(Cn2nc(C(Oc3ccccc3)C(N)=O)c3ccccc32)cc1. The van der Waals surface area contributed by atoms with Crippen molar-refractivity contribution in [1.29, 1.82) is 0 Å². The van der Waals surface area contributed by atoms with Crippen LogP contribution in [0.3, 0.4) is 0 Å². The molecule has 2 N–H and O–H groups in total. The fourth-order valence-corrected chi connectivity index (χ4v) is 5.91. The number of hydrogen-bond acceptors (Lipinski definition) is 5. The molecule has 0 saturated heterocycles. The molecule has 3 aromatic carbocycles. The second kappa shape index (κ2) is 11.6. The van der Waals surface area contributed by atoms with Crippen LogP contribution in [-0.4, -0.2) is 41.5 Å². The van der Waals surface area contributed by atoms with Crippen molar-refractivity contribution in [1.82, 2.24) is 14.1 Å². The van der Waals surface area contributed by atoms with Crippen molar-refractivity contribution >= 4 is 26.8 Å². The summed E-state index contributed by atoms with van der Waals surface area (Å²) in [5.41, 5.74) is 7.84. The molecule has 0 radical (unpaired) electrons. The Kier molecular flexibility index (Phi) is 8.25. The topological polar surface area (TPSA) is 108 Å². The number of ether oxygens (including phenoxy) is 1. The molecule has 37 heavy (non-hydrogen) atoms. The van der Waals surface area contributed by atoms with Gasteiger partial charge in [0.05, 0.1) is 17.0 Å². The third kappa shape index (κ3) is 5.84. The molecular weight excluding hydrogens is 488 g/mol. The Hall–Kier alpha value is -3.69. The van der Waals surface area contributed by atoms with Gasteiger partial charge in [-0.05, 0) is 48.7 Å². The van der Waals surface area contributed by atoms with Gasteiger partial charge in [0.15, 0.2) is 0 Å². The normalized spacial score (nSPS) is 12.6. The minimum atomic E-state index is -3.55. The molecule has 4 rings (SSSR count). The van der Waals surface area contributed by atoms with Gasteiger partial charge in [-0.15, -0.1) is 0 Å². The highest BCUT2D eigenvalue weighted by molar-refractivity contribution is 7.89. The fourth-order valence-electron chi connectivity index (χ4n) is 4.29. The van der Waals surface area contributed by atoms with Crippen molar-refractivity contribution in [3.05, 3.63) is 90.1 Å². The highest BCUT2D eigenvalue weighted by atomic mass is 32.2. The summed E-state index contributed by atoms with van der Waals surface area (Å²) < 4.78 is 35.4. The summed E-state index contributed by atoms with van der Waals surface area (Å²) in [6.07, 6.45) is 0.447. The molecule has 0 saturated carbocycles. The van der Waals surface area contributed by atoms with Crippen LogP contribution in [0.1, 0.15) is 44.1 Å². The molecule has 0 aliphatic rings. The predicted octanol–water partition coefficient (Wildman–Crippen LogP) is 4.50. The van der Waals surface area contributed by atoms with Gasteiger partial charge in [0.25, 0.3) is 5.91 Å². The van der Waals surface area contributed by atoms with Crippen LogP contribution in [0.15, 0.2) is 83.8 Å². The molecule has 1 amide bonds. The van der Waals surface area contributed by atoms with E-state index in [1.807, 2.05) is 56.3 Å². The molecule has 8 nitrogen and oxygen atoms in total. The number of primary amides is 1. The standard InChI is InChI=1S/C28H32N4O4S/c1-3-18-31(19-4-2)37(34,35)23-16-14-21(15-17-23)20-32-25-13-9-8-12-24(25)26(30-32)27(28(29)33)36-22-10-6-5-7-11-22/h5-17,27H,3-4,18-20H2,1-2H3,(H2,29,33). The monoisotopic (exact) mass is 520 g/mol. The molecule has 0 bridgehead atoms. The van der Waals surface area contributed by atoms with Gasteiger partial charge in [-0.3, -0.25) is 9.48 Å². The quantitative estimate of drug-likeness (QED) is 0.296. The molecule has 0 aliphatic carbocycles. The minimum Gasteiger partial charge on any atom is -0.474 e. The maximum Gasteiger partial charge on any atom is 0.264 e. The Morgan fingerprint density at radius 1 is 0.946 bits per heavy atom. The third-order valence-corrected chi connectivity index (χ3v) is 7.94. The van der Waals surface area contributed by atoms with E-state index in [0.717, 1.165) is 29.3 Å². The number of sulfonamides is 1. The zero-order valence-electron chi connectivity index (χ0n) is 21.1. The van der Waals surface area contributed by atoms with Gasteiger partial charge in [0.1, 0.15) is 11.4 Å². The van der Waals surface area contributed by atoms with Gasteiger partial charge in [-0.25, -0.2) is 8.42 Å². The van der Waals surface area contributed by atoms with Crippen molar-refractivity contribution in [2.45, 2.75) is 44.2 Å². The predicted molar refractivity (Wildman–Crippen MR) is 144 cm³/mol. The largest absolute Gasteiger partial charge is 0.474 e. The number of nitrogens with zero attached hydrogens (tertiary/aromatic N) is 3. The van der Waals surface area contributed by atoms with Gasteiger partial charge in [0, 0.05) is 18.5 Å². The second-order valence-electron chi connectivity index (χ2n) is 8.82. The summed E-state index contributed by atoms with van der Waals surface area (Å²) in [6, 6.07) is 23.4. The first-order chi connectivity index (χ1) is 17.8. The van der Waals surface area contributed by atoms with Crippen molar-refractivity contribution in [3.8, 4) is 5.75 Å². The smallest absolute Gasteiger partial charge is 0.264 e. The van der Waals surface area contributed by atoms with E-state index in [2.05, 4.69) is 0 Å². The van der Waals surface area contributed by atoms with Crippen LogP contribution in [0.4, 0.5) is 0 Å². The average molecular weight is 521 g/mol. The Balaban J connectivity index is 1.64. The summed E-state index contributed by atoms with van der Waals surface area (Å²) >= 11 is 0. The van der Waals surface area contributed by atoms with E-state index in [1.165, 1.54) is 4.31 Å². The molecule has 1 heterocycles. The molecule has 9 heteroatoms. The number of fused-ring (bicyclic) bond motifs is 1. The zero-order chi connectivity index (χ0) is 26.4. The third-order valence-electron chi connectivity index (χ3n) is 6.03. The molecule has 194 valence electrons. The Morgan fingerprint density at radius 2 is 1.57 bits per heavy atom. The van der Waals surface area contributed by atoms with Gasteiger partial charge in [-0.2, -0.15) is 9.40 Å². The van der Waals surface area contributed by atoms with Crippen LogP contribution in [0.2, 0.25) is 0 Å². The van der Waals surface area contributed by atoms with E-state index in [9.17, 15) is 13.2 Å². The number of carbonyl (C=O) groups excluding carboxylic acids is 1. The van der Waals surface area contributed by atoms with E-state index in [4.69, 9.17) is 15.6 Å². The van der Waals surface area contributed by atoms with Gasteiger partial charge in [-0.1, -0.05) is 62.4 Å². The summed E-state index contributed by atoms with van der Waals surface area (Å²) in [4.78, 5) is 12.7.